The van der Waals surface area contributed by atoms with E-state index in [0.29, 0.717) is 26.0 Å². The van der Waals surface area contributed by atoms with Gasteiger partial charge in [0.2, 0.25) is 0 Å². The SMILES string of the molecule is Cc1cccc(C2C(C(=O)CC(C)C)=C(O)C(=O)N2CCCOC(C)C)c1. The Kier molecular flexibility index (Phi) is 7.19. The highest BCUT2D eigenvalue weighted by atomic mass is 16.5. The van der Waals surface area contributed by atoms with E-state index in [0.717, 1.165) is 11.1 Å². The second-order valence-corrected chi connectivity index (χ2v) is 7.87. The molecule has 27 heavy (non-hydrogen) atoms. The first-order valence-corrected chi connectivity index (χ1v) is 9.67. The zero-order chi connectivity index (χ0) is 20.1. The molecule has 0 aliphatic carbocycles. The van der Waals surface area contributed by atoms with Crippen LogP contribution in [0.4, 0.5) is 0 Å². The molecule has 1 N–H and O–H groups in total. The smallest absolute Gasteiger partial charge is 0.290 e. The molecule has 0 radical (unpaired) electrons. The van der Waals surface area contributed by atoms with Crippen LogP contribution in [0.5, 0.6) is 0 Å². The standard InChI is InChI=1S/C22H31NO4/c1-14(2)12-18(24)19-20(17-9-6-8-16(5)13-17)23(22(26)21(19)25)10-7-11-27-15(3)4/h6,8-9,13-15,20,25H,7,10-12H2,1-5H3. The van der Waals surface area contributed by atoms with Crippen LogP contribution < -0.4 is 0 Å². The number of hydrogen-bond acceptors (Lipinski definition) is 4. The molecule has 1 aromatic rings. The number of carbonyl (C=O) groups is 2. The van der Waals surface area contributed by atoms with Crippen molar-refractivity contribution >= 4 is 11.7 Å². The monoisotopic (exact) mass is 373 g/mol. The van der Waals surface area contributed by atoms with E-state index in [1.165, 1.54) is 0 Å². The van der Waals surface area contributed by atoms with Gasteiger partial charge in [-0.1, -0.05) is 43.7 Å². The number of nitrogens with zero attached hydrogens (tertiary/aromatic N) is 1. The first-order chi connectivity index (χ1) is 12.7. The minimum atomic E-state index is -0.539. The van der Waals surface area contributed by atoms with E-state index in [4.69, 9.17) is 4.74 Å². The maximum absolute atomic E-state index is 12.8. The fraction of sp³-hybridized carbons (Fsp3) is 0.545. The van der Waals surface area contributed by atoms with Crippen molar-refractivity contribution in [1.29, 1.82) is 0 Å². The third-order valence-electron chi connectivity index (χ3n) is 4.55. The number of benzene rings is 1. The lowest BCUT2D eigenvalue weighted by Crippen LogP contribution is -2.33. The quantitative estimate of drug-likeness (QED) is 0.661. The molecule has 0 spiro atoms. The molecule has 1 unspecified atom stereocenters. The summed E-state index contributed by atoms with van der Waals surface area (Å²) in [7, 11) is 0. The molecule has 1 heterocycles. The highest BCUT2D eigenvalue weighted by molar-refractivity contribution is 6.09. The minimum absolute atomic E-state index is 0.126. The van der Waals surface area contributed by atoms with E-state index in [1.54, 1.807) is 4.90 Å². The number of Topliss-reactive ketones (excluding diaryl/α,β-unsaturated/α-hetero) is 1. The third-order valence-corrected chi connectivity index (χ3v) is 4.55. The molecule has 1 atom stereocenters. The first kappa shape index (κ1) is 21.2. The third kappa shape index (κ3) is 5.19. The summed E-state index contributed by atoms with van der Waals surface area (Å²) in [6, 6.07) is 7.22. The van der Waals surface area contributed by atoms with Gasteiger partial charge in [0.25, 0.3) is 5.91 Å². The van der Waals surface area contributed by atoms with Crippen LogP contribution in [-0.2, 0) is 14.3 Å². The van der Waals surface area contributed by atoms with Crippen molar-refractivity contribution in [2.24, 2.45) is 5.92 Å². The number of aryl methyl sites for hydroxylation is 1. The number of ether oxygens (including phenoxy) is 1. The van der Waals surface area contributed by atoms with Gasteiger partial charge in [0.05, 0.1) is 17.7 Å². The molecule has 148 valence electrons. The summed E-state index contributed by atoms with van der Waals surface area (Å²) in [6.45, 7) is 10.8. The van der Waals surface area contributed by atoms with E-state index in [1.807, 2.05) is 58.9 Å². The number of amides is 1. The van der Waals surface area contributed by atoms with Crippen LogP contribution in [0, 0.1) is 12.8 Å². The Morgan fingerprint density at radius 1 is 1.26 bits per heavy atom. The van der Waals surface area contributed by atoms with E-state index >= 15 is 0 Å². The number of aliphatic hydroxyl groups excluding tert-OH is 1. The lowest BCUT2D eigenvalue weighted by molar-refractivity contribution is -0.129. The van der Waals surface area contributed by atoms with Gasteiger partial charge in [0.15, 0.2) is 11.5 Å². The predicted octanol–water partition coefficient (Wildman–Crippen LogP) is 4.12. The molecule has 0 aromatic heterocycles. The normalized spacial score (nSPS) is 17.5. The molecule has 5 nitrogen and oxygen atoms in total. The number of carbonyl (C=O) groups excluding carboxylic acids is 2. The molecule has 2 rings (SSSR count). The van der Waals surface area contributed by atoms with Gasteiger partial charge in [-0.25, -0.2) is 0 Å². The average Bonchev–Trinajstić information content (AvgIpc) is 2.82. The van der Waals surface area contributed by atoms with Gasteiger partial charge in [0.1, 0.15) is 0 Å². The van der Waals surface area contributed by atoms with Crippen LogP contribution in [-0.4, -0.2) is 41.0 Å². The van der Waals surface area contributed by atoms with Crippen LogP contribution in [0.2, 0.25) is 0 Å². The van der Waals surface area contributed by atoms with Gasteiger partial charge in [-0.15, -0.1) is 0 Å². The topological polar surface area (TPSA) is 66.8 Å². The van der Waals surface area contributed by atoms with Crippen LogP contribution >= 0.6 is 0 Å². The average molecular weight is 373 g/mol. The van der Waals surface area contributed by atoms with Crippen LogP contribution in [0.1, 0.15) is 57.7 Å². The van der Waals surface area contributed by atoms with Gasteiger partial charge >= 0.3 is 0 Å². The van der Waals surface area contributed by atoms with Crippen molar-refractivity contribution in [1.82, 2.24) is 4.90 Å². The number of rotatable bonds is 9. The summed E-state index contributed by atoms with van der Waals surface area (Å²) in [5.74, 6) is -0.891. The second kappa shape index (κ2) is 9.18. The van der Waals surface area contributed by atoms with Crippen LogP contribution in [0.25, 0.3) is 0 Å². The maximum Gasteiger partial charge on any atom is 0.290 e. The van der Waals surface area contributed by atoms with Gasteiger partial charge in [-0.05, 0) is 38.7 Å². The number of ketones is 1. The molecule has 1 aliphatic rings. The maximum atomic E-state index is 12.8. The Labute approximate surface area is 162 Å². The van der Waals surface area contributed by atoms with Gasteiger partial charge in [-0.3, -0.25) is 9.59 Å². The number of aliphatic hydroxyl groups is 1. The zero-order valence-corrected chi connectivity index (χ0v) is 17.0. The first-order valence-electron chi connectivity index (χ1n) is 9.67. The largest absolute Gasteiger partial charge is 0.503 e. The van der Waals surface area contributed by atoms with Crippen molar-refractivity contribution in [2.45, 2.75) is 59.6 Å². The van der Waals surface area contributed by atoms with E-state index in [-0.39, 0.29) is 23.4 Å². The lowest BCUT2D eigenvalue weighted by Gasteiger charge is -2.27. The summed E-state index contributed by atoms with van der Waals surface area (Å²) in [5.41, 5.74) is 2.12. The molecule has 1 amide bonds. The molecule has 1 aromatic carbocycles. The van der Waals surface area contributed by atoms with Crippen LogP contribution in [0.15, 0.2) is 35.6 Å². The summed E-state index contributed by atoms with van der Waals surface area (Å²) in [5, 5.41) is 10.5. The van der Waals surface area contributed by atoms with Gasteiger partial charge < -0.3 is 14.7 Å². The van der Waals surface area contributed by atoms with Gasteiger partial charge in [0, 0.05) is 19.6 Å². The predicted molar refractivity (Wildman–Crippen MR) is 105 cm³/mol. The fourth-order valence-corrected chi connectivity index (χ4v) is 3.39. The van der Waals surface area contributed by atoms with Crippen molar-refractivity contribution in [3.63, 3.8) is 0 Å². The number of hydrogen-bond donors (Lipinski definition) is 1. The Morgan fingerprint density at radius 2 is 1.96 bits per heavy atom. The van der Waals surface area contributed by atoms with E-state index < -0.39 is 17.7 Å². The lowest BCUT2D eigenvalue weighted by atomic mass is 9.91. The fourth-order valence-electron chi connectivity index (χ4n) is 3.39. The molecular weight excluding hydrogens is 342 g/mol. The van der Waals surface area contributed by atoms with Crippen LogP contribution in [0.3, 0.4) is 0 Å². The molecule has 5 heteroatoms. The summed E-state index contributed by atoms with van der Waals surface area (Å²) >= 11 is 0. The second-order valence-electron chi connectivity index (χ2n) is 7.87. The van der Waals surface area contributed by atoms with E-state index in [2.05, 4.69) is 0 Å². The highest BCUT2D eigenvalue weighted by Crippen LogP contribution is 2.38. The zero-order valence-electron chi connectivity index (χ0n) is 17.0. The molecular formula is C22H31NO4. The minimum Gasteiger partial charge on any atom is -0.503 e. The van der Waals surface area contributed by atoms with Crippen molar-refractivity contribution in [3.05, 3.63) is 46.7 Å². The molecule has 0 saturated carbocycles. The molecule has 1 aliphatic heterocycles. The summed E-state index contributed by atoms with van der Waals surface area (Å²) in [4.78, 5) is 27.2. The highest BCUT2D eigenvalue weighted by Gasteiger charge is 2.43. The summed E-state index contributed by atoms with van der Waals surface area (Å²) in [6.07, 6.45) is 1.08. The Hall–Kier alpha value is -2.14. The van der Waals surface area contributed by atoms with Gasteiger partial charge in [-0.2, -0.15) is 0 Å². The van der Waals surface area contributed by atoms with E-state index in [9.17, 15) is 14.7 Å². The van der Waals surface area contributed by atoms with Crippen molar-refractivity contribution in [2.75, 3.05) is 13.2 Å². The Bertz CT molecular complexity index is 721. The Morgan fingerprint density at radius 3 is 2.56 bits per heavy atom. The molecule has 0 saturated heterocycles. The Balaban J connectivity index is 2.33. The molecule has 0 bridgehead atoms. The molecule has 0 fully saturated rings. The van der Waals surface area contributed by atoms with Crippen molar-refractivity contribution < 1.29 is 19.4 Å². The van der Waals surface area contributed by atoms with Crippen molar-refractivity contribution in [3.8, 4) is 0 Å². The summed E-state index contributed by atoms with van der Waals surface area (Å²) < 4.78 is 5.57.